The topological polar surface area (TPSA) is 65.5 Å². The number of pyridine rings is 1. The summed E-state index contributed by atoms with van der Waals surface area (Å²) in [6.07, 6.45) is 1.15. The van der Waals surface area contributed by atoms with Crippen LogP contribution in [0.4, 0.5) is 8.78 Å². The minimum absolute atomic E-state index is 0.0677. The van der Waals surface area contributed by atoms with Crippen LogP contribution in [0.25, 0.3) is 0 Å². The zero-order valence-corrected chi connectivity index (χ0v) is 15.0. The van der Waals surface area contributed by atoms with Gasteiger partial charge in [-0.3, -0.25) is 0 Å². The van der Waals surface area contributed by atoms with Crippen molar-refractivity contribution in [2.24, 2.45) is 0 Å². The van der Waals surface area contributed by atoms with Crippen molar-refractivity contribution in [2.75, 3.05) is 19.6 Å². The molecule has 0 unspecified atom stereocenters. The molecular formula is C15H14BrF2NO4S. The molecule has 0 aliphatic carbocycles. The number of hydrogen-bond donors (Lipinski definition) is 0. The molecule has 0 spiro atoms. The molecule has 0 saturated carbocycles. The van der Waals surface area contributed by atoms with Gasteiger partial charge in [0.15, 0.2) is 21.0 Å². The lowest BCUT2D eigenvalue weighted by molar-refractivity contribution is 0.133. The third-order valence-corrected chi connectivity index (χ3v) is 4.28. The van der Waals surface area contributed by atoms with Crippen molar-refractivity contribution in [3.63, 3.8) is 0 Å². The Morgan fingerprint density at radius 3 is 2.33 bits per heavy atom. The van der Waals surface area contributed by atoms with Crippen molar-refractivity contribution in [1.29, 1.82) is 0 Å². The second-order valence-electron chi connectivity index (χ2n) is 4.88. The highest BCUT2D eigenvalue weighted by molar-refractivity contribution is 9.10. The summed E-state index contributed by atoms with van der Waals surface area (Å²) in [5.41, 5.74) is 0. The fourth-order valence-electron chi connectivity index (χ4n) is 1.74. The van der Waals surface area contributed by atoms with Gasteiger partial charge in [-0.05, 0) is 24.3 Å². The van der Waals surface area contributed by atoms with Crippen molar-refractivity contribution < 1.29 is 26.7 Å². The maximum atomic E-state index is 12.6. The number of aromatic nitrogens is 1. The van der Waals surface area contributed by atoms with Gasteiger partial charge in [0.25, 0.3) is 0 Å². The van der Waals surface area contributed by atoms with Gasteiger partial charge in [-0.2, -0.15) is 0 Å². The normalized spacial score (nSPS) is 11.5. The van der Waals surface area contributed by atoms with Gasteiger partial charge in [-0.1, -0.05) is 15.9 Å². The standard InChI is InChI=1S/C15H14BrF2NO4S/c1-24(20,21)15-3-2-11(9-19-15)22-12-4-10(16)5-13(6-12)23-14(7-17)8-18/h2-6,9,14H,7-8H2,1H3. The molecular weight excluding hydrogens is 408 g/mol. The van der Waals surface area contributed by atoms with Crippen molar-refractivity contribution in [3.05, 3.63) is 41.0 Å². The number of benzene rings is 1. The molecule has 0 amide bonds. The fraction of sp³-hybridized carbons (Fsp3) is 0.267. The van der Waals surface area contributed by atoms with Gasteiger partial charge in [-0.25, -0.2) is 22.2 Å². The minimum Gasteiger partial charge on any atom is -0.485 e. The van der Waals surface area contributed by atoms with E-state index in [4.69, 9.17) is 9.47 Å². The van der Waals surface area contributed by atoms with E-state index in [0.717, 1.165) is 6.26 Å². The van der Waals surface area contributed by atoms with Crippen molar-refractivity contribution in [1.82, 2.24) is 4.98 Å². The summed E-state index contributed by atoms with van der Waals surface area (Å²) in [6, 6.07) is 7.42. The van der Waals surface area contributed by atoms with E-state index in [2.05, 4.69) is 20.9 Å². The van der Waals surface area contributed by atoms with Crippen LogP contribution in [-0.4, -0.2) is 39.1 Å². The summed E-state index contributed by atoms with van der Waals surface area (Å²) in [5.74, 6) is 0.879. The smallest absolute Gasteiger partial charge is 0.192 e. The Balaban J connectivity index is 2.19. The van der Waals surface area contributed by atoms with Gasteiger partial charge < -0.3 is 9.47 Å². The molecule has 130 valence electrons. The second-order valence-corrected chi connectivity index (χ2v) is 7.76. The first-order valence-electron chi connectivity index (χ1n) is 6.75. The first-order chi connectivity index (χ1) is 11.3. The minimum atomic E-state index is -3.39. The zero-order chi connectivity index (χ0) is 17.7. The molecule has 5 nitrogen and oxygen atoms in total. The van der Waals surface area contributed by atoms with Crippen molar-refractivity contribution >= 4 is 25.8 Å². The lowest BCUT2D eigenvalue weighted by atomic mass is 10.3. The highest BCUT2D eigenvalue weighted by Crippen LogP contribution is 2.30. The maximum absolute atomic E-state index is 12.6. The molecule has 2 aromatic rings. The third-order valence-electron chi connectivity index (χ3n) is 2.82. The molecule has 0 atom stereocenters. The van der Waals surface area contributed by atoms with Gasteiger partial charge in [0, 0.05) is 16.8 Å². The Hall–Kier alpha value is -1.74. The van der Waals surface area contributed by atoms with E-state index in [9.17, 15) is 17.2 Å². The van der Waals surface area contributed by atoms with E-state index in [1.807, 2.05) is 0 Å². The van der Waals surface area contributed by atoms with Crippen LogP contribution in [0, 0.1) is 0 Å². The average molecular weight is 422 g/mol. The molecule has 0 bridgehead atoms. The number of halogens is 3. The monoisotopic (exact) mass is 421 g/mol. The molecule has 1 aromatic carbocycles. The van der Waals surface area contributed by atoms with Crippen LogP contribution >= 0.6 is 15.9 Å². The Morgan fingerprint density at radius 2 is 1.79 bits per heavy atom. The molecule has 1 aromatic heterocycles. The second kappa shape index (κ2) is 7.89. The van der Waals surface area contributed by atoms with Crippen molar-refractivity contribution in [2.45, 2.75) is 11.1 Å². The number of sulfone groups is 1. The zero-order valence-electron chi connectivity index (χ0n) is 12.6. The molecule has 1 heterocycles. The summed E-state index contributed by atoms with van der Waals surface area (Å²) in [6.45, 7) is -1.90. The largest absolute Gasteiger partial charge is 0.485 e. The molecule has 24 heavy (non-hydrogen) atoms. The van der Waals surface area contributed by atoms with Crippen LogP contribution in [0.15, 0.2) is 46.0 Å². The molecule has 0 aliphatic rings. The molecule has 0 radical (unpaired) electrons. The Labute approximate surface area is 146 Å². The number of ether oxygens (including phenoxy) is 2. The number of hydrogen-bond acceptors (Lipinski definition) is 5. The molecule has 0 aliphatic heterocycles. The van der Waals surface area contributed by atoms with Crippen LogP contribution in [-0.2, 0) is 9.84 Å². The summed E-state index contributed by atoms with van der Waals surface area (Å²) >= 11 is 3.26. The van der Waals surface area contributed by atoms with E-state index < -0.39 is 29.3 Å². The highest BCUT2D eigenvalue weighted by Gasteiger charge is 2.12. The van der Waals surface area contributed by atoms with Gasteiger partial charge >= 0.3 is 0 Å². The average Bonchev–Trinajstić information content (AvgIpc) is 2.51. The summed E-state index contributed by atoms with van der Waals surface area (Å²) in [4.78, 5) is 3.81. The Morgan fingerprint density at radius 1 is 1.12 bits per heavy atom. The van der Waals surface area contributed by atoms with Crippen molar-refractivity contribution in [3.8, 4) is 17.2 Å². The first-order valence-corrected chi connectivity index (χ1v) is 9.43. The van der Waals surface area contributed by atoms with E-state index in [1.165, 1.54) is 24.4 Å². The van der Waals surface area contributed by atoms with Crippen LogP contribution in [0.1, 0.15) is 0 Å². The van der Waals surface area contributed by atoms with Gasteiger partial charge in [0.05, 0.1) is 6.20 Å². The first kappa shape index (κ1) is 18.6. The Kier molecular flexibility index (Phi) is 6.11. The summed E-state index contributed by atoms with van der Waals surface area (Å²) in [5, 5.41) is -0.0677. The van der Waals surface area contributed by atoms with E-state index in [0.29, 0.717) is 16.0 Å². The lowest BCUT2D eigenvalue weighted by Gasteiger charge is -2.14. The maximum Gasteiger partial charge on any atom is 0.192 e. The van der Waals surface area contributed by atoms with Crippen LogP contribution < -0.4 is 9.47 Å². The van der Waals surface area contributed by atoms with E-state index in [-0.39, 0.29) is 10.8 Å². The van der Waals surface area contributed by atoms with Gasteiger partial charge in [-0.15, -0.1) is 0 Å². The summed E-state index contributed by atoms with van der Waals surface area (Å²) in [7, 11) is -3.39. The van der Waals surface area contributed by atoms with E-state index in [1.54, 1.807) is 12.1 Å². The Bertz CT molecular complexity index is 796. The lowest BCUT2D eigenvalue weighted by Crippen LogP contribution is -2.21. The number of alkyl halides is 2. The predicted octanol–water partition coefficient (Wildman–Crippen LogP) is 3.73. The summed E-state index contributed by atoms with van der Waals surface area (Å²) < 4.78 is 59.2. The predicted molar refractivity (Wildman–Crippen MR) is 87.9 cm³/mol. The molecule has 0 saturated heterocycles. The number of rotatable bonds is 7. The van der Waals surface area contributed by atoms with Crippen LogP contribution in [0.3, 0.4) is 0 Å². The number of nitrogens with zero attached hydrogens (tertiary/aromatic N) is 1. The molecule has 2 rings (SSSR count). The molecule has 0 fully saturated rings. The fourth-order valence-corrected chi connectivity index (χ4v) is 2.75. The van der Waals surface area contributed by atoms with Crippen LogP contribution in [0.2, 0.25) is 0 Å². The molecule has 9 heteroatoms. The van der Waals surface area contributed by atoms with Gasteiger partial charge in [0.1, 0.15) is 30.6 Å². The van der Waals surface area contributed by atoms with Crippen LogP contribution in [0.5, 0.6) is 17.2 Å². The quantitative estimate of drug-likeness (QED) is 0.681. The van der Waals surface area contributed by atoms with E-state index >= 15 is 0 Å². The highest BCUT2D eigenvalue weighted by atomic mass is 79.9. The molecule has 0 N–H and O–H groups in total. The SMILES string of the molecule is CS(=O)(=O)c1ccc(Oc2cc(Br)cc(OC(CF)CF)c2)cn1. The third kappa shape index (κ3) is 5.13. The van der Waals surface area contributed by atoms with Gasteiger partial charge in [0.2, 0.25) is 0 Å².